The molecule has 0 saturated heterocycles. The highest BCUT2D eigenvalue weighted by molar-refractivity contribution is 5.81. The molecule has 2 unspecified atom stereocenters. The largest absolute Gasteiger partial charge is 0.389 e. The van der Waals surface area contributed by atoms with Crippen LogP contribution in [-0.2, 0) is 16.0 Å². The van der Waals surface area contributed by atoms with E-state index in [9.17, 15) is 9.90 Å². The molecule has 5 nitrogen and oxygen atoms in total. The van der Waals surface area contributed by atoms with Crippen LogP contribution in [0.4, 0.5) is 0 Å². The van der Waals surface area contributed by atoms with Crippen LogP contribution in [0.25, 0.3) is 0 Å². The number of methoxy groups -OCH3 is 1. The second kappa shape index (κ2) is 8.31. The predicted molar refractivity (Wildman–Crippen MR) is 74.8 cm³/mol. The van der Waals surface area contributed by atoms with E-state index in [1.54, 1.807) is 7.05 Å². The monoisotopic (exact) mass is 276 g/mol. The van der Waals surface area contributed by atoms with Crippen LogP contribution in [0.1, 0.15) is 5.56 Å². The molecule has 1 N–H and O–H groups in total. The Labute approximate surface area is 119 Å². The lowest BCUT2D eigenvalue weighted by Crippen LogP contribution is -2.39. The van der Waals surface area contributed by atoms with Crippen molar-refractivity contribution in [3.63, 3.8) is 0 Å². The maximum Gasteiger partial charge on any atom is 0.240 e. The number of nitriles is 1. The van der Waals surface area contributed by atoms with Crippen molar-refractivity contribution in [3.05, 3.63) is 35.9 Å². The Balaban J connectivity index is 2.61. The molecular weight excluding hydrogens is 256 g/mol. The van der Waals surface area contributed by atoms with Crippen molar-refractivity contribution in [3.8, 4) is 6.07 Å². The first-order valence-electron chi connectivity index (χ1n) is 6.44. The van der Waals surface area contributed by atoms with Gasteiger partial charge in [-0.25, -0.2) is 0 Å². The second-order valence-corrected chi connectivity index (χ2v) is 4.70. The van der Waals surface area contributed by atoms with Crippen molar-refractivity contribution in [1.29, 1.82) is 5.26 Å². The zero-order valence-electron chi connectivity index (χ0n) is 11.8. The summed E-state index contributed by atoms with van der Waals surface area (Å²) >= 11 is 0. The molecule has 1 aromatic carbocycles. The highest BCUT2D eigenvalue weighted by Crippen LogP contribution is 2.11. The standard InChI is InChI=1S/C15H20N2O3/c1-17(10-14(18)11-20-2)15(19)13(9-16)8-12-6-4-3-5-7-12/h3-7,13-14,18H,8,10-11H2,1-2H3. The lowest BCUT2D eigenvalue weighted by atomic mass is 9.99. The molecule has 0 fully saturated rings. The summed E-state index contributed by atoms with van der Waals surface area (Å²) in [4.78, 5) is 13.5. The van der Waals surface area contributed by atoms with Crippen LogP contribution in [0.15, 0.2) is 30.3 Å². The normalized spacial score (nSPS) is 13.3. The number of rotatable bonds is 7. The third-order valence-corrected chi connectivity index (χ3v) is 2.96. The van der Waals surface area contributed by atoms with Crippen molar-refractivity contribution >= 4 is 5.91 Å². The first kappa shape index (κ1) is 16.2. The lowest BCUT2D eigenvalue weighted by Gasteiger charge is -2.22. The predicted octanol–water partition coefficient (Wildman–Crippen LogP) is 0.835. The number of carbonyl (C=O) groups is 1. The number of aliphatic hydroxyl groups is 1. The van der Waals surface area contributed by atoms with Gasteiger partial charge in [-0.05, 0) is 12.0 Å². The molecule has 0 aliphatic heterocycles. The van der Waals surface area contributed by atoms with Gasteiger partial charge < -0.3 is 14.7 Å². The Morgan fingerprint density at radius 1 is 1.45 bits per heavy atom. The Morgan fingerprint density at radius 2 is 2.10 bits per heavy atom. The molecule has 108 valence electrons. The van der Waals surface area contributed by atoms with Crippen LogP contribution in [0.2, 0.25) is 0 Å². The molecule has 0 saturated carbocycles. The summed E-state index contributed by atoms with van der Waals surface area (Å²) in [5.74, 6) is -1.02. The topological polar surface area (TPSA) is 73.6 Å². The molecule has 0 radical (unpaired) electrons. The smallest absolute Gasteiger partial charge is 0.240 e. The molecule has 0 heterocycles. The van der Waals surface area contributed by atoms with Crippen molar-refractivity contribution in [2.75, 3.05) is 27.3 Å². The molecule has 0 bridgehead atoms. The van der Waals surface area contributed by atoms with Crippen molar-refractivity contribution < 1.29 is 14.6 Å². The van der Waals surface area contributed by atoms with Crippen LogP contribution < -0.4 is 0 Å². The molecule has 1 amide bonds. The minimum Gasteiger partial charge on any atom is -0.389 e. The third kappa shape index (κ3) is 5.00. The number of amides is 1. The van der Waals surface area contributed by atoms with Gasteiger partial charge in [-0.3, -0.25) is 4.79 Å². The summed E-state index contributed by atoms with van der Waals surface area (Å²) in [5.41, 5.74) is 0.943. The number of likely N-dealkylation sites (N-methyl/N-ethyl adjacent to an activating group) is 1. The first-order chi connectivity index (χ1) is 9.58. The van der Waals surface area contributed by atoms with E-state index in [0.717, 1.165) is 5.56 Å². The van der Waals surface area contributed by atoms with Gasteiger partial charge in [0.15, 0.2) is 0 Å². The number of hydrogen-bond acceptors (Lipinski definition) is 4. The lowest BCUT2D eigenvalue weighted by molar-refractivity contribution is -0.134. The summed E-state index contributed by atoms with van der Waals surface area (Å²) in [6.45, 7) is 0.313. The average Bonchev–Trinajstić information content (AvgIpc) is 2.45. The summed E-state index contributed by atoms with van der Waals surface area (Å²) in [5, 5.41) is 18.8. The van der Waals surface area contributed by atoms with Crippen molar-refractivity contribution in [2.45, 2.75) is 12.5 Å². The van der Waals surface area contributed by atoms with E-state index in [-0.39, 0.29) is 19.1 Å². The van der Waals surface area contributed by atoms with Gasteiger partial charge in [-0.1, -0.05) is 30.3 Å². The van der Waals surface area contributed by atoms with Crippen LogP contribution in [0.3, 0.4) is 0 Å². The highest BCUT2D eigenvalue weighted by atomic mass is 16.5. The van der Waals surface area contributed by atoms with Gasteiger partial charge in [-0.15, -0.1) is 0 Å². The molecular formula is C15H20N2O3. The number of nitrogens with zero attached hydrogens (tertiary/aromatic N) is 2. The number of hydrogen-bond donors (Lipinski definition) is 1. The minimum atomic E-state index is -0.745. The fraction of sp³-hybridized carbons (Fsp3) is 0.467. The number of carbonyl (C=O) groups excluding carboxylic acids is 1. The van der Waals surface area contributed by atoms with E-state index >= 15 is 0 Å². The van der Waals surface area contributed by atoms with E-state index < -0.39 is 12.0 Å². The van der Waals surface area contributed by atoms with E-state index in [4.69, 9.17) is 10.00 Å². The molecule has 0 aliphatic rings. The van der Waals surface area contributed by atoms with Gasteiger partial charge >= 0.3 is 0 Å². The molecule has 1 rings (SSSR count). The quantitative estimate of drug-likeness (QED) is 0.800. The van der Waals surface area contributed by atoms with Gasteiger partial charge in [0, 0.05) is 20.7 Å². The average molecular weight is 276 g/mol. The maximum absolute atomic E-state index is 12.2. The molecule has 2 atom stereocenters. The summed E-state index contributed by atoms with van der Waals surface area (Å²) in [7, 11) is 3.06. The summed E-state index contributed by atoms with van der Waals surface area (Å²) in [6.07, 6.45) is -0.369. The third-order valence-electron chi connectivity index (χ3n) is 2.96. The van der Waals surface area contributed by atoms with Crippen LogP contribution >= 0.6 is 0 Å². The Kier molecular flexibility index (Phi) is 6.71. The highest BCUT2D eigenvalue weighted by Gasteiger charge is 2.23. The molecule has 5 heteroatoms. The zero-order chi connectivity index (χ0) is 15.0. The molecule has 1 aromatic rings. The fourth-order valence-electron chi connectivity index (χ4n) is 1.96. The van der Waals surface area contributed by atoms with Crippen LogP contribution in [-0.4, -0.2) is 49.3 Å². The Hall–Kier alpha value is -1.90. The second-order valence-electron chi connectivity index (χ2n) is 4.70. The van der Waals surface area contributed by atoms with E-state index in [2.05, 4.69) is 0 Å². The van der Waals surface area contributed by atoms with Crippen molar-refractivity contribution in [1.82, 2.24) is 4.90 Å². The van der Waals surface area contributed by atoms with E-state index in [1.807, 2.05) is 36.4 Å². The SMILES string of the molecule is COCC(O)CN(C)C(=O)C(C#N)Cc1ccccc1. The van der Waals surface area contributed by atoms with Crippen LogP contribution in [0.5, 0.6) is 0 Å². The number of benzene rings is 1. The van der Waals surface area contributed by atoms with Gasteiger partial charge in [-0.2, -0.15) is 5.26 Å². The molecule has 0 spiro atoms. The van der Waals surface area contributed by atoms with Crippen LogP contribution in [0, 0.1) is 17.2 Å². The van der Waals surface area contributed by atoms with Gasteiger partial charge in [0.25, 0.3) is 0 Å². The first-order valence-corrected chi connectivity index (χ1v) is 6.44. The minimum absolute atomic E-state index is 0.152. The van der Waals surface area contributed by atoms with Crippen molar-refractivity contribution in [2.24, 2.45) is 5.92 Å². The Bertz CT molecular complexity index is 456. The summed E-state index contributed by atoms with van der Waals surface area (Å²) < 4.78 is 4.81. The zero-order valence-corrected chi connectivity index (χ0v) is 11.8. The fourth-order valence-corrected chi connectivity index (χ4v) is 1.96. The van der Waals surface area contributed by atoms with E-state index in [1.165, 1.54) is 12.0 Å². The van der Waals surface area contributed by atoms with Gasteiger partial charge in [0.05, 0.1) is 18.8 Å². The number of aliphatic hydroxyl groups excluding tert-OH is 1. The van der Waals surface area contributed by atoms with Gasteiger partial charge in [0.1, 0.15) is 5.92 Å². The summed E-state index contributed by atoms with van der Waals surface area (Å²) in [6, 6.07) is 11.4. The molecule has 0 aromatic heterocycles. The number of ether oxygens (including phenoxy) is 1. The van der Waals surface area contributed by atoms with Gasteiger partial charge in [0.2, 0.25) is 5.91 Å². The van der Waals surface area contributed by atoms with E-state index in [0.29, 0.717) is 6.42 Å². The maximum atomic E-state index is 12.2. The molecule has 20 heavy (non-hydrogen) atoms. The molecule has 0 aliphatic carbocycles. The Morgan fingerprint density at radius 3 is 2.65 bits per heavy atom.